The van der Waals surface area contributed by atoms with E-state index in [1.807, 2.05) is 50.2 Å². The largest absolute Gasteiger partial charge is 0.398 e. The van der Waals surface area contributed by atoms with Crippen molar-refractivity contribution in [1.82, 2.24) is 0 Å². The van der Waals surface area contributed by atoms with Crippen LogP contribution in [0.2, 0.25) is 5.02 Å². The molecule has 3 heteroatoms. The second-order valence-corrected chi connectivity index (χ2v) is 5.40. The molecule has 0 aliphatic carbocycles. The van der Waals surface area contributed by atoms with Crippen LogP contribution in [0.5, 0.6) is 0 Å². The lowest BCUT2D eigenvalue weighted by molar-refractivity contribution is 0.646. The van der Waals surface area contributed by atoms with Gasteiger partial charge >= 0.3 is 0 Å². The number of anilines is 1. The Labute approximate surface area is 119 Å². The van der Waals surface area contributed by atoms with E-state index < -0.39 is 0 Å². The first-order valence-corrected chi connectivity index (χ1v) is 6.74. The Morgan fingerprint density at radius 1 is 1.05 bits per heavy atom. The average molecular weight is 275 g/mol. The van der Waals surface area contributed by atoms with Gasteiger partial charge in [0.1, 0.15) is 0 Å². The maximum Gasteiger partial charge on any atom is 0.0444 e. The maximum absolute atomic E-state index is 6.30. The molecule has 0 aromatic heterocycles. The van der Waals surface area contributed by atoms with E-state index in [0.29, 0.717) is 0 Å². The van der Waals surface area contributed by atoms with E-state index in [-0.39, 0.29) is 12.0 Å². The van der Waals surface area contributed by atoms with Gasteiger partial charge in [-0.05, 0) is 42.7 Å². The standard InChI is InChI=1S/C16H19ClN2/c1-10-7-8-13(15(19)9-10)16(11(2)18)12-5-3-4-6-14(12)17/h3-9,11,16H,18-19H2,1-2H3/t11-,16+/m1/s1. The average Bonchev–Trinajstić information content (AvgIpc) is 2.34. The lowest BCUT2D eigenvalue weighted by atomic mass is 9.85. The topological polar surface area (TPSA) is 52.0 Å². The molecule has 0 saturated carbocycles. The molecule has 0 aliphatic rings. The molecule has 0 unspecified atom stereocenters. The highest BCUT2D eigenvalue weighted by molar-refractivity contribution is 6.31. The number of nitrogen functional groups attached to an aromatic ring is 1. The van der Waals surface area contributed by atoms with E-state index in [0.717, 1.165) is 27.4 Å². The summed E-state index contributed by atoms with van der Waals surface area (Å²) in [4.78, 5) is 0. The molecule has 2 nitrogen and oxygen atoms in total. The van der Waals surface area contributed by atoms with Crippen LogP contribution in [0.1, 0.15) is 29.5 Å². The van der Waals surface area contributed by atoms with E-state index in [2.05, 4.69) is 6.07 Å². The van der Waals surface area contributed by atoms with Crippen molar-refractivity contribution in [3.8, 4) is 0 Å². The molecule has 0 aliphatic heterocycles. The monoisotopic (exact) mass is 274 g/mol. The van der Waals surface area contributed by atoms with Crippen molar-refractivity contribution >= 4 is 17.3 Å². The fourth-order valence-electron chi connectivity index (χ4n) is 2.44. The van der Waals surface area contributed by atoms with Gasteiger partial charge in [-0.25, -0.2) is 0 Å². The molecule has 0 radical (unpaired) electrons. The van der Waals surface area contributed by atoms with E-state index in [9.17, 15) is 0 Å². The van der Waals surface area contributed by atoms with Crippen LogP contribution in [-0.4, -0.2) is 6.04 Å². The molecule has 0 fully saturated rings. The summed E-state index contributed by atoms with van der Waals surface area (Å²) in [6.07, 6.45) is 0. The van der Waals surface area contributed by atoms with Crippen LogP contribution in [0.15, 0.2) is 42.5 Å². The van der Waals surface area contributed by atoms with Crippen molar-refractivity contribution in [2.24, 2.45) is 5.73 Å². The molecule has 0 spiro atoms. The molecular weight excluding hydrogens is 256 g/mol. The third-order valence-electron chi connectivity index (χ3n) is 3.34. The molecule has 0 bridgehead atoms. The van der Waals surface area contributed by atoms with Crippen LogP contribution in [0.4, 0.5) is 5.69 Å². The van der Waals surface area contributed by atoms with Gasteiger partial charge in [0.2, 0.25) is 0 Å². The molecule has 2 atom stereocenters. The van der Waals surface area contributed by atoms with E-state index >= 15 is 0 Å². The Morgan fingerprint density at radius 3 is 2.32 bits per heavy atom. The summed E-state index contributed by atoms with van der Waals surface area (Å²) < 4.78 is 0. The molecule has 2 aromatic rings. The fourth-order valence-corrected chi connectivity index (χ4v) is 2.69. The van der Waals surface area contributed by atoms with Crippen LogP contribution in [0, 0.1) is 6.92 Å². The van der Waals surface area contributed by atoms with Crippen LogP contribution in [0.25, 0.3) is 0 Å². The fraction of sp³-hybridized carbons (Fsp3) is 0.250. The lowest BCUT2D eigenvalue weighted by Gasteiger charge is -2.24. The zero-order chi connectivity index (χ0) is 14.0. The summed E-state index contributed by atoms with van der Waals surface area (Å²) in [7, 11) is 0. The van der Waals surface area contributed by atoms with E-state index in [1.165, 1.54) is 0 Å². The predicted molar refractivity (Wildman–Crippen MR) is 82.5 cm³/mol. The van der Waals surface area contributed by atoms with Gasteiger partial charge in [0.25, 0.3) is 0 Å². The van der Waals surface area contributed by atoms with Gasteiger partial charge < -0.3 is 11.5 Å². The highest BCUT2D eigenvalue weighted by atomic mass is 35.5. The zero-order valence-corrected chi connectivity index (χ0v) is 12.0. The minimum absolute atomic E-state index is 0.00861. The number of rotatable bonds is 3. The maximum atomic E-state index is 6.30. The molecule has 0 amide bonds. The third-order valence-corrected chi connectivity index (χ3v) is 3.69. The SMILES string of the molecule is Cc1ccc([C@H](c2ccccc2Cl)[C@@H](C)N)c(N)c1. The smallest absolute Gasteiger partial charge is 0.0444 e. The Bertz CT molecular complexity index is 579. The summed E-state index contributed by atoms with van der Waals surface area (Å²) >= 11 is 6.30. The Kier molecular flexibility index (Phi) is 4.13. The number of aryl methyl sites for hydroxylation is 1. The molecule has 0 heterocycles. The zero-order valence-electron chi connectivity index (χ0n) is 11.2. The molecule has 4 N–H and O–H groups in total. The Hall–Kier alpha value is -1.51. The van der Waals surface area contributed by atoms with Crippen molar-refractivity contribution in [3.05, 3.63) is 64.2 Å². The van der Waals surface area contributed by atoms with Gasteiger partial charge in [0.15, 0.2) is 0 Å². The van der Waals surface area contributed by atoms with E-state index in [1.54, 1.807) is 0 Å². The van der Waals surface area contributed by atoms with E-state index in [4.69, 9.17) is 23.1 Å². The summed E-state index contributed by atoms with van der Waals surface area (Å²) in [6, 6.07) is 13.8. The molecule has 2 aromatic carbocycles. The Balaban J connectivity index is 2.55. The molecule has 0 saturated heterocycles. The molecule has 2 rings (SSSR count). The minimum atomic E-state index is -0.0649. The van der Waals surface area contributed by atoms with Gasteiger partial charge in [0.05, 0.1) is 0 Å². The van der Waals surface area contributed by atoms with Crippen molar-refractivity contribution in [3.63, 3.8) is 0 Å². The minimum Gasteiger partial charge on any atom is -0.398 e. The first-order chi connectivity index (χ1) is 9.00. The number of hydrogen-bond acceptors (Lipinski definition) is 2. The lowest BCUT2D eigenvalue weighted by Crippen LogP contribution is -2.26. The number of benzene rings is 2. The van der Waals surface area contributed by atoms with Crippen LogP contribution in [0.3, 0.4) is 0 Å². The van der Waals surface area contributed by atoms with Crippen LogP contribution >= 0.6 is 11.6 Å². The number of halogens is 1. The summed E-state index contributed by atoms with van der Waals surface area (Å²) in [5, 5.41) is 0.727. The van der Waals surface area contributed by atoms with Gasteiger partial charge in [-0.2, -0.15) is 0 Å². The predicted octanol–water partition coefficient (Wildman–Crippen LogP) is 3.71. The Morgan fingerprint density at radius 2 is 1.74 bits per heavy atom. The van der Waals surface area contributed by atoms with Gasteiger partial charge in [-0.15, -0.1) is 0 Å². The van der Waals surface area contributed by atoms with Gasteiger partial charge in [0, 0.05) is 22.7 Å². The highest BCUT2D eigenvalue weighted by Gasteiger charge is 2.22. The normalized spacial score (nSPS) is 14.1. The van der Waals surface area contributed by atoms with Crippen molar-refractivity contribution in [2.75, 3.05) is 5.73 Å². The second kappa shape index (κ2) is 5.64. The number of nitrogens with two attached hydrogens (primary N) is 2. The van der Waals surface area contributed by atoms with Crippen molar-refractivity contribution in [2.45, 2.75) is 25.8 Å². The van der Waals surface area contributed by atoms with Crippen LogP contribution in [-0.2, 0) is 0 Å². The first-order valence-electron chi connectivity index (χ1n) is 6.36. The molecular formula is C16H19ClN2. The molecule has 100 valence electrons. The second-order valence-electron chi connectivity index (χ2n) is 4.99. The van der Waals surface area contributed by atoms with Gasteiger partial charge in [-0.1, -0.05) is 41.9 Å². The van der Waals surface area contributed by atoms with Gasteiger partial charge in [-0.3, -0.25) is 0 Å². The first kappa shape index (κ1) is 13.9. The highest BCUT2D eigenvalue weighted by Crippen LogP contribution is 2.35. The molecule has 19 heavy (non-hydrogen) atoms. The van der Waals surface area contributed by atoms with Crippen LogP contribution < -0.4 is 11.5 Å². The van der Waals surface area contributed by atoms with Crippen molar-refractivity contribution < 1.29 is 0 Å². The third kappa shape index (κ3) is 2.91. The summed E-state index contributed by atoms with van der Waals surface area (Å²) in [6.45, 7) is 4.00. The summed E-state index contributed by atoms with van der Waals surface area (Å²) in [5.41, 5.74) is 16.3. The number of hydrogen-bond donors (Lipinski definition) is 2. The summed E-state index contributed by atoms with van der Waals surface area (Å²) in [5.74, 6) is 0.00861. The quantitative estimate of drug-likeness (QED) is 0.839. The van der Waals surface area contributed by atoms with Crippen molar-refractivity contribution in [1.29, 1.82) is 0 Å².